The predicted molar refractivity (Wildman–Crippen MR) is 139 cm³/mol. The third-order valence-electron chi connectivity index (χ3n) is 6.82. The van der Waals surface area contributed by atoms with Gasteiger partial charge in [0, 0.05) is 12.7 Å². The van der Waals surface area contributed by atoms with E-state index in [0.717, 1.165) is 11.1 Å². The fourth-order valence-electron chi connectivity index (χ4n) is 3.97. The molecule has 3 atom stereocenters. The maximum Gasteiger partial charge on any atom is 0.338 e. The van der Waals surface area contributed by atoms with Gasteiger partial charge in [0.05, 0.1) is 24.0 Å². The Balaban J connectivity index is 1.87. The van der Waals surface area contributed by atoms with Gasteiger partial charge in [0.15, 0.2) is 0 Å². The van der Waals surface area contributed by atoms with Gasteiger partial charge < -0.3 is 14.6 Å². The van der Waals surface area contributed by atoms with Crippen molar-refractivity contribution in [2.75, 3.05) is 6.23 Å². The molecule has 0 aliphatic heterocycles. The predicted octanol–water partition coefficient (Wildman–Crippen LogP) is 6.51. The molecule has 0 aliphatic carbocycles. The van der Waals surface area contributed by atoms with Gasteiger partial charge in [0.2, 0.25) is 0 Å². The summed E-state index contributed by atoms with van der Waals surface area (Å²) in [6.45, 7) is 9.27. The minimum absolute atomic E-state index is 0.137. The molecule has 180 valence electrons. The summed E-state index contributed by atoms with van der Waals surface area (Å²) in [7, 11) is -2.45. The average Bonchev–Trinajstić information content (AvgIpc) is 2.84. The third-order valence-corrected chi connectivity index (χ3v) is 12.8. The maximum atomic E-state index is 13.1. The number of esters is 1. The van der Waals surface area contributed by atoms with Crippen LogP contribution in [0.3, 0.4) is 0 Å². The number of rotatable bonds is 10. The van der Waals surface area contributed by atoms with Crippen LogP contribution in [0.15, 0.2) is 91.0 Å². The highest BCUT2D eigenvalue weighted by atomic mass is 28.3. The molecule has 0 radical (unpaired) electrons. The molecular weight excluding hydrogens is 440 g/mol. The molecule has 0 heterocycles. The average molecular weight is 477 g/mol. The summed E-state index contributed by atoms with van der Waals surface area (Å²) < 4.78 is 12.5. The molecule has 0 aliphatic rings. The van der Waals surface area contributed by atoms with Crippen LogP contribution in [0, 0.1) is 0 Å². The van der Waals surface area contributed by atoms with Crippen LogP contribution in [0.5, 0.6) is 0 Å². The number of benzene rings is 3. The number of aliphatic hydroxyl groups excluding tert-OH is 1. The molecule has 0 amide bonds. The lowest BCUT2D eigenvalue weighted by atomic mass is 10.1. The van der Waals surface area contributed by atoms with Gasteiger partial charge in [-0.1, -0.05) is 106 Å². The van der Waals surface area contributed by atoms with Gasteiger partial charge in [-0.15, -0.1) is 0 Å². The molecule has 3 aromatic carbocycles. The highest BCUT2D eigenvalue weighted by molar-refractivity contribution is 6.82. The standard InChI is InChI=1S/C29H36O4Si/c1-29(2,3)34(4,22-32-21-23-14-8-5-9-15-23)27(20-26(30)24-16-10-6-11-17-24)33-28(31)25-18-12-7-13-19-25/h5-19,26-27,30H,20-22H2,1-4H3. The Kier molecular flexibility index (Phi) is 8.83. The van der Waals surface area contributed by atoms with E-state index in [0.29, 0.717) is 24.8 Å². The molecule has 0 saturated carbocycles. The molecule has 0 spiro atoms. The second kappa shape index (κ2) is 11.6. The van der Waals surface area contributed by atoms with Gasteiger partial charge in [-0.05, 0) is 28.3 Å². The first-order valence-corrected chi connectivity index (χ1v) is 14.6. The van der Waals surface area contributed by atoms with Crippen molar-refractivity contribution in [3.05, 3.63) is 108 Å². The van der Waals surface area contributed by atoms with E-state index >= 15 is 0 Å². The smallest absolute Gasteiger partial charge is 0.338 e. The summed E-state index contributed by atoms with van der Waals surface area (Å²) in [6.07, 6.45) is 0.106. The van der Waals surface area contributed by atoms with Gasteiger partial charge >= 0.3 is 5.97 Å². The molecule has 0 fully saturated rings. The van der Waals surface area contributed by atoms with Crippen molar-refractivity contribution in [1.29, 1.82) is 0 Å². The third kappa shape index (κ3) is 6.66. The van der Waals surface area contributed by atoms with Gasteiger partial charge in [-0.25, -0.2) is 4.79 Å². The second-order valence-corrected chi connectivity index (χ2v) is 15.3. The van der Waals surface area contributed by atoms with Crippen LogP contribution >= 0.6 is 0 Å². The van der Waals surface area contributed by atoms with Crippen molar-refractivity contribution >= 4 is 14.0 Å². The van der Waals surface area contributed by atoms with E-state index in [2.05, 4.69) is 27.3 Å². The lowest BCUT2D eigenvalue weighted by Gasteiger charge is -2.45. The fraction of sp³-hybridized carbons (Fsp3) is 0.345. The molecule has 0 bridgehead atoms. The summed E-state index contributed by atoms with van der Waals surface area (Å²) in [5, 5.41) is 11.0. The molecule has 3 aromatic rings. The van der Waals surface area contributed by atoms with E-state index < -0.39 is 19.9 Å². The Labute approximate surface area is 204 Å². The minimum Gasteiger partial charge on any atom is -0.462 e. The lowest BCUT2D eigenvalue weighted by Crippen LogP contribution is -2.58. The number of hydrogen-bond acceptors (Lipinski definition) is 4. The zero-order valence-electron chi connectivity index (χ0n) is 20.6. The highest BCUT2D eigenvalue weighted by Crippen LogP contribution is 2.42. The fourth-order valence-corrected chi connectivity index (χ4v) is 7.19. The van der Waals surface area contributed by atoms with Crippen molar-refractivity contribution in [2.24, 2.45) is 0 Å². The van der Waals surface area contributed by atoms with Crippen molar-refractivity contribution in [1.82, 2.24) is 0 Å². The summed E-state index contributed by atoms with van der Waals surface area (Å²) in [6, 6.07) is 28.7. The van der Waals surface area contributed by atoms with Crippen molar-refractivity contribution < 1.29 is 19.4 Å². The van der Waals surface area contributed by atoms with Crippen molar-refractivity contribution in [3.8, 4) is 0 Å². The van der Waals surface area contributed by atoms with Crippen LogP contribution in [0.2, 0.25) is 11.6 Å². The summed E-state index contributed by atoms with van der Waals surface area (Å²) in [4.78, 5) is 13.1. The van der Waals surface area contributed by atoms with Crippen LogP contribution < -0.4 is 0 Å². The Morgan fingerprint density at radius 2 is 1.41 bits per heavy atom. The molecule has 1 N–H and O–H groups in total. The van der Waals surface area contributed by atoms with Gasteiger partial charge in [-0.3, -0.25) is 0 Å². The van der Waals surface area contributed by atoms with Crippen LogP contribution in [0.25, 0.3) is 0 Å². The molecule has 3 rings (SSSR count). The molecular formula is C29H36O4Si. The van der Waals surface area contributed by atoms with E-state index in [1.165, 1.54) is 0 Å². The molecule has 0 saturated heterocycles. The quantitative estimate of drug-likeness (QED) is 0.268. The van der Waals surface area contributed by atoms with Crippen molar-refractivity contribution in [2.45, 2.75) is 57.2 Å². The largest absolute Gasteiger partial charge is 0.462 e. The van der Waals surface area contributed by atoms with Gasteiger partial charge in [0.1, 0.15) is 8.07 Å². The van der Waals surface area contributed by atoms with Gasteiger partial charge in [-0.2, -0.15) is 0 Å². The van der Waals surface area contributed by atoms with E-state index in [-0.39, 0.29) is 11.0 Å². The monoisotopic (exact) mass is 476 g/mol. The summed E-state index contributed by atoms with van der Waals surface area (Å²) in [5.41, 5.74) is 2.00. The topological polar surface area (TPSA) is 55.8 Å². The molecule has 0 aromatic heterocycles. The first kappa shape index (κ1) is 25.9. The molecule has 5 heteroatoms. The van der Waals surface area contributed by atoms with E-state index in [9.17, 15) is 9.90 Å². The van der Waals surface area contributed by atoms with E-state index in [4.69, 9.17) is 9.47 Å². The van der Waals surface area contributed by atoms with Crippen LogP contribution in [0.1, 0.15) is 54.8 Å². The normalized spacial score (nSPS) is 15.2. The Morgan fingerprint density at radius 1 is 0.882 bits per heavy atom. The summed E-state index contributed by atoms with van der Waals surface area (Å²) in [5.74, 6) is -0.364. The van der Waals surface area contributed by atoms with Crippen LogP contribution in [-0.4, -0.2) is 31.1 Å². The Hall–Kier alpha value is -2.73. The first-order valence-electron chi connectivity index (χ1n) is 11.8. The summed E-state index contributed by atoms with van der Waals surface area (Å²) >= 11 is 0. The lowest BCUT2D eigenvalue weighted by molar-refractivity contribution is 0.0289. The van der Waals surface area contributed by atoms with Gasteiger partial charge in [0.25, 0.3) is 0 Å². The molecule has 4 nitrogen and oxygen atoms in total. The van der Waals surface area contributed by atoms with Crippen LogP contribution in [0.4, 0.5) is 0 Å². The minimum atomic E-state index is -2.45. The van der Waals surface area contributed by atoms with E-state index in [1.54, 1.807) is 12.1 Å². The number of ether oxygens (including phenoxy) is 2. The SMILES string of the molecule is CC(C)(C)[Si](C)(COCc1ccccc1)C(CC(O)c1ccccc1)OC(=O)c1ccccc1. The molecule has 3 unspecified atom stereocenters. The Morgan fingerprint density at radius 3 is 1.97 bits per heavy atom. The number of hydrogen-bond donors (Lipinski definition) is 1. The Bertz CT molecular complexity index is 1020. The second-order valence-electron chi connectivity index (χ2n) is 10.1. The zero-order chi connectivity index (χ0) is 24.6. The molecule has 34 heavy (non-hydrogen) atoms. The number of carbonyl (C=O) groups is 1. The number of carbonyl (C=O) groups excluding carboxylic acids is 1. The first-order chi connectivity index (χ1) is 16.2. The zero-order valence-corrected chi connectivity index (χ0v) is 21.6. The highest BCUT2D eigenvalue weighted by Gasteiger charge is 2.50. The maximum absolute atomic E-state index is 13.1. The van der Waals surface area contributed by atoms with Crippen LogP contribution in [-0.2, 0) is 16.1 Å². The number of aliphatic hydroxyl groups is 1. The van der Waals surface area contributed by atoms with Crippen molar-refractivity contribution in [3.63, 3.8) is 0 Å². The van der Waals surface area contributed by atoms with E-state index in [1.807, 2.05) is 78.9 Å².